The maximum absolute atomic E-state index is 11.7. The smallest absolute Gasteiger partial charge is 0.230 e. The summed E-state index contributed by atoms with van der Waals surface area (Å²) < 4.78 is 1.93. The number of carbonyl (C=O) groups is 1. The van der Waals surface area contributed by atoms with E-state index in [9.17, 15) is 4.79 Å². The Balaban J connectivity index is 1.98. The number of nitrogens with zero attached hydrogens (tertiary/aromatic N) is 3. The summed E-state index contributed by atoms with van der Waals surface area (Å²) in [7, 11) is 1.93. The largest absolute Gasteiger partial charge is 0.355 e. The number of thioether (sulfide) groups is 1. The monoisotopic (exact) mass is 318 g/mol. The summed E-state index contributed by atoms with van der Waals surface area (Å²) in [6.45, 7) is 4.90. The minimum atomic E-state index is 0.0403. The topological polar surface area (TPSA) is 59.8 Å². The number of benzene rings is 1. The molecule has 0 radical (unpaired) electrons. The number of aryl methyl sites for hydroxylation is 1. The van der Waals surface area contributed by atoms with Crippen LogP contribution in [0.15, 0.2) is 29.4 Å². The van der Waals surface area contributed by atoms with Gasteiger partial charge in [-0.1, -0.05) is 48.9 Å². The van der Waals surface area contributed by atoms with Gasteiger partial charge in [0.05, 0.1) is 5.75 Å². The van der Waals surface area contributed by atoms with Crippen molar-refractivity contribution in [2.45, 2.75) is 31.8 Å². The van der Waals surface area contributed by atoms with E-state index >= 15 is 0 Å². The molecule has 0 fully saturated rings. The highest BCUT2D eigenvalue weighted by atomic mass is 32.2. The van der Waals surface area contributed by atoms with Crippen LogP contribution in [0.4, 0.5) is 0 Å². The Morgan fingerprint density at radius 2 is 2.18 bits per heavy atom. The van der Waals surface area contributed by atoms with Crippen molar-refractivity contribution < 1.29 is 4.79 Å². The van der Waals surface area contributed by atoms with Crippen LogP contribution in [0.1, 0.15) is 25.3 Å². The van der Waals surface area contributed by atoms with Gasteiger partial charge in [-0.15, -0.1) is 10.2 Å². The number of hydrogen-bond acceptors (Lipinski definition) is 4. The van der Waals surface area contributed by atoms with E-state index in [-0.39, 0.29) is 5.91 Å². The lowest BCUT2D eigenvalue weighted by molar-refractivity contribution is -0.118. The van der Waals surface area contributed by atoms with Crippen molar-refractivity contribution in [2.24, 2.45) is 7.05 Å². The Morgan fingerprint density at radius 3 is 2.91 bits per heavy atom. The molecule has 2 aromatic rings. The summed E-state index contributed by atoms with van der Waals surface area (Å²) in [5.41, 5.74) is 2.22. The minimum absolute atomic E-state index is 0.0403. The fourth-order valence-electron chi connectivity index (χ4n) is 2.06. The van der Waals surface area contributed by atoms with Crippen molar-refractivity contribution in [2.75, 3.05) is 12.3 Å². The van der Waals surface area contributed by atoms with Crippen LogP contribution < -0.4 is 5.32 Å². The number of carbonyl (C=O) groups excluding carboxylic acids is 1. The summed E-state index contributed by atoms with van der Waals surface area (Å²) in [5.74, 6) is 1.22. The van der Waals surface area contributed by atoms with Crippen LogP contribution in [-0.4, -0.2) is 33.0 Å². The van der Waals surface area contributed by atoms with E-state index in [4.69, 9.17) is 0 Å². The average molecular weight is 318 g/mol. The normalized spacial score (nSPS) is 10.7. The van der Waals surface area contributed by atoms with Gasteiger partial charge in [0.1, 0.15) is 0 Å². The number of unbranched alkanes of at least 4 members (excludes halogenated alkanes) is 1. The van der Waals surface area contributed by atoms with Gasteiger partial charge in [0.25, 0.3) is 0 Å². The molecule has 0 atom stereocenters. The first-order chi connectivity index (χ1) is 10.6. The van der Waals surface area contributed by atoms with Crippen LogP contribution >= 0.6 is 11.8 Å². The van der Waals surface area contributed by atoms with Crippen LogP contribution in [0.25, 0.3) is 11.4 Å². The van der Waals surface area contributed by atoms with Crippen LogP contribution in [-0.2, 0) is 11.8 Å². The lowest BCUT2D eigenvalue weighted by Gasteiger charge is -2.05. The van der Waals surface area contributed by atoms with Gasteiger partial charge < -0.3 is 9.88 Å². The highest BCUT2D eigenvalue weighted by molar-refractivity contribution is 7.99. The lowest BCUT2D eigenvalue weighted by atomic mass is 10.1. The molecule has 0 saturated carbocycles. The first-order valence-corrected chi connectivity index (χ1v) is 8.46. The first-order valence-electron chi connectivity index (χ1n) is 7.47. The van der Waals surface area contributed by atoms with Gasteiger partial charge in [-0.25, -0.2) is 0 Å². The molecule has 0 aliphatic heterocycles. The number of aromatic nitrogens is 3. The molecular formula is C16H22N4OS. The van der Waals surface area contributed by atoms with E-state index in [0.717, 1.165) is 35.9 Å². The molecule has 0 saturated heterocycles. The van der Waals surface area contributed by atoms with Crippen molar-refractivity contribution in [3.8, 4) is 11.4 Å². The summed E-state index contributed by atoms with van der Waals surface area (Å²) in [6.07, 6.45) is 2.09. The second kappa shape index (κ2) is 7.98. The van der Waals surface area contributed by atoms with Crippen LogP contribution in [0.5, 0.6) is 0 Å². The van der Waals surface area contributed by atoms with Crippen LogP contribution in [0.3, 0.4) is 0 Å². The van der Waals surface area contributed by atoms with E-state index in [1.807, 2.05) is 23.7 Å². The Morgan fingerprint density at radius 1 is 1.36 bits per heavy atom. The molecule has 6 heteroatoms. The Bertz CT molecular complexity index is 639. The van der Waals surface area contributed by atoms with Crippen molar-refractivity contribution in [3.63, 3.8) is 0 Å². The Labute approximate surface area is 135 Å². The van der Waals surface area contributed by atoms with Gasteiger partial charge in [-0.05, 0) is 19.4 Å². The van der Waals surface area contributed by atoms with Gasteiger partial charge in [0.15, 0.2) is 11.0 Å². The van der Waals surface area contributed by atoms with Gasteiger partial charge in [-0.2, -0.15) is 0 Å². The summed E-state index contributed by atoms with van der Waals surface area (Å²) in [6, 6.07) is 8.16. The molecule has 0 aliphatic carbocycles. The molecule has 0 bridgehead atoms. The molecule has 1 aromatic heterocycles. The lowest BCUT2D eigenvalue weighted by Crippen LogP contribution is -2.26. The van der Waals surface area contributed by atoms with Crippen molar-refractivity contribution in [1.82, 2.24) is 20.1 Å². The van der Waals surface area contributed by atoms with Gasteiger partial charge in [0, 0.05) is 19.2 Å². The van der Waals surface area contributed by atoms with Gasteiger partial charge in [-0.3, -0.25) is 4.79 Å². The van der Waals surface area contributed by atoms with Crippen molar-refractivity contribution in [3.05, 3.63) is 29.8 Å². The molecule has 1 N–H and O–H groups in total. The Kier molecular flexibility index (Phi) is 6.00. The molecule has 118 valence electrons. The molecule has 2 rings (SSSR count). The molecule has 1 amide bonds. The third-order valence-electron chi connectivity index (χ3n) is 3.30. The molecule has 1 aromatic carbocycles. The zero-order valence-electron chi connectivity index (χ0n) is 13.3. The maximum Gasteiger partial charge on any atom is 0.230 e. The molecule has 1 heterocycles. The second-order valence-corrected chi connectivity index (χ2v) is 6.17. The van der Waals surface area contributed by atoms with E-state index in [0.29, 0.717) is 5.75 Å². The molecule has 5 nitrogen and oxygen atoms in total. The number of hydrogen-bond donors (Lipinski definition) is 1. The number of nitrogens with one attached hydrogen (secondary N) is 1. The summed E-state index contributed by atoms with van der Waals surface area (Å²) in [5, 5.41) is 12.1. The average Bonchev–Trinajstić information content (AvgIpc) is 2.86. The number of rotatable bonds is 7. The highest BCUT2D eigenvalue weighted by Gasteiger charge is 2.12. The Hall–Kier alpha value is -1.82. The molecule has 0 unspecified atom stereocenters. The third-order valence-corrected chi connectivity index (χ3v) is 4.32. The zero-order chi connectivity index (χ0) is 15.9. The predicted octanol–water partition coefficient (Wildman–Crippen LogP) is 2.80. The quantitative estimate of drug-likeness (QED) is 0.630. The van der Waals surface area contributed by atoms with E-state index in [2.05, 4.69) is 41.5 Å². The van der Waals surface area contributed by atoms with Crippen LogP contribution in [0, 0.1) is 6.92 Å². The van der Waals surface area contributed by atoms with Gasteiger partial charge in [0.2, 0.25) is 5.91 Å². The fourth-order valence-corrected chi connectivity index (χ4v) is 2.80. The van der Waals surface area contributed by atoms with Crippen LogP contribution in [0.2, 0.25) is 0 Å². The predicted molar refractivity (Wildman–Crippen MR) is 89.8 cm³/mol. The summed E-state index contributed by atoms with van der Waals surface area (Å²) >= 11 is 1.41. The first kappa shape index (κ1) is 16.5. The number of amides is 1. The van der Waals surface area contributed by atoms with E-state index in [1.54, 1.807) is 0 Å². The third kappa shape index (κ3) is 4.34. The molecule has 0 spiro atoms. The second-order valence-electron chi connectivity index (χ2n) is 5.23. The van der Waals surface area contributed by atoms with Crippen molar-refractivity contribution >= 4 is 17.7 Å². The fraction of sp³-hybridized carbons (Fsp3) is 0.438. The highest BCUT2D eigenvalue weighted by Crippen LogP contribution is 2.23. The van der Waals surface area contributed by atoms with E-state index in [1.165, 1.54) is 17.3 Å². The maximum atomic E-state index is 11.7. The molecule has 0 aliphatic rings. The standard InChI is InChI=1S/C16H22N4OS/c1-4-5-9-17-14(21)11-22-16-19-18-15(20(16)3)13-8-6-7-12(2)10-13/h6-8,10H,4-5,9,11H2,1-3H3,(H,17,21). The minimum Gasteiger partial charge on any atom is -0.355 e. The molecular weight excluding hydrogens is 296 g/mol. The molecule has 22 heavy (non-hydrogen) atoms. The van der Waals surface area contributed by atoms with E-state index < -0.39 is 0 Å². The summed E-state index contributed by atoms with van der Waals surface area (Å²) in [4.78, 5) is 11.7. The zero-order valence-corrected chi connectivity index (χ0v) is 14.1. The SMILES string of the molecule is CCCCNC(=O)CSc1nnc(-c2cccc(C)c2)n1C. The van der Waals surface area contributed by atoms with Gasteiger partial charge >= 0.3 is 0 Å². The van der Waals surface area contributed by atoms with Crippen molar-refractivity contribution in [1.29, 1.82) is 0 Å².